The van der Waals surface area contributed by atoms with Crippen LogP contribution in [0.25, 0.3) is 0 Å². The predicted octanol–water partition coefficient (Wildman–Crippen LogP) is 2.17. The SMILES string of the molecule is Nc1cc(C#Cc2cccnn2)c(Cl)s1. The predicted molar refractivity (Wildman–Crippen MR) is 61.8 cm³/mol. The van der Waals surface area contributed by atoms with Gasteiger partial charge in [0, 0.05) is 6.20 Å². The van der Waals surface area contributed by atoms with Crippen LogP contribution < -0.4 is 5.73 Å². The van der Waals surface area contributed by atoms with Crippen LogP contribution in [0, 0.1) is 11.8 Å². The van der Waals surface area contributed by atoms with E-state index in [0.29, 0.717) is 15.0 Å². The molecule has 3 nitrogen and oxygen atoms in total. The smallest absolute Gasteiger partial charge is 0.136 e. The maximum Gasteiger partial charge on any atom is 0.136 e. The fraction of sp³-hybridized carbons (Fsp3) is 0. The molecule has 5 heteroatoms. The van der Waals surface area contributed by atoms with Gasteiger partial charge in [0.05, 0.1) is 10.6 Å². The van der Waals surface area contributed by atoms with Gasteiger partial charge in [-0.25, -0.2) is 0 Å². The number of rotatable bonds is 0. The second kappa shape index (κ2) is 4.30. The molecule has 0 fully saturated rings. The van der Waals surface area contributed by atoms with Crippen molar-refractivity contribution in [2.45, 2.75) is 0 Å². The minimum Gasteiger partial charge on any atom is -0.391 e. The standard InChI is InChI=1S/C10H6ClN3S/c11-10-7(6-9(12)15-10)3-4-8-2-1-5-13-14-8/h1-2,5-6H,12H2. The molecule has 0 amide bonds. The Morgan fingerprint density at radius 2 is 2.27 bits per heavy atom. The summed E-state index contributed by atoms with van der Waals surface area (Å²) in [7, 11) is 0. The van der Waals surface area contributed by atoms with Gasteiger partial charge in [0.15, 0.2) is 0 Å². The molecule has 0 saturated carbocycles. The minimum atomic E-state index is 0.601. The van der Waals surface area contributed by atoms with E-state index in [1.165, 1.54) is 11.3 Å². The van der Waals surface area contributed by atoms with Crippen molar-refractivity contribution in [3.8, 4) is 11.8 Å². The molecule has 0 aliphatic heterocycles. The number of nitrogens with two attached hydrogens (primary N) is 1. The first-order valence-corrected chi connectivity index (χ1v) is 5.29. The number of hydrogen-bond acceptors (Lipinski definition) is 4. The van der Waals surface area contributed by atoms with Crippen LogP contribution in [0.15, 0.2) is 24.4 Å². The van der Waals surface area contributed by atoms with Crippen LogP contribution in [0.4, 0.5) is 5.00 Å². The highest BCUT2D eigenvalue weighted by Gasteiger charge is 2.01. The Hall–Kier alpha value is -1.57. The number of hydrogen-bond donors (Lipinski definition) is 1. The minimum absolute atomic E-state index is 0.601. The first kappa shape index (κ1) is 9.97. The summed E-state index contributed by atoms with van der Waals surface area (Å²) in [5.41, 5.74) is 6.92. The molecule has 0 saturated heterocycles. The van der Waals surface area contributed by atoms with E-state index in [2.05, 4.69) is 22.0 Å². The van der Waals surface area contributed by atoms with Crippen LogP contribution in [-0.2, 0) is 0 Å². The van der Waals surface area contributed by atoms with Crippen molar-refractivity contribution in [3.63, 3.8) is 0 Å². The normalized spacial score (nSPS) is 9.40. The van der Waals surface area contributed by atoms with Gasteiger partial charge in [0.1, 0.15) is 10.0 Å². The Labute approximate surface area is 95.9 Å². The molecule has 0 aromatic carbocycles. The van der Waals surface area contributed by atoms with Gasteiger partial charge in [0.2, 0.25) is 0 Å². The van der Waals surface area contributed by atoms with E-state index in [0.717, 1.165) is 5.56 Å². The summed E-state index contributed by atoms with van der Waals surface area (Å²) >= 11 is 7.22. The molecule has 2 aromatic heterocycles. The van der Waals surface area contributed by atoms with Crippen molar-refractivity contribution in [2.75, 3.05) is 5.73 Å². The van der Waals surface area contributed by atoms with E-state index in [4.69, 9.17) is 17.3 Å². The van der Waals surface area contributed by atoms with E-state index >= 15 is 0 Å². The Balaban J connectivity index is 2.30. The van der Waals surface area contributed by atoms with Crippen LogP contribution in [-0.4, -0.2) is 10.2 Å². The van der Waals surface area contributed by atoms with E-state index in [1.807, 2.05) is 0 Å². The molecule has 0 aliphatic rings. The summed E-state index contributed by atoms with van der Waals surface area (Å²) in [5, 5.41) is 8.21. The first-order valence-electron chi connectivity index (χ1n) is 4.10. The zero-order valence-electron chi connectivity index (χ0n) is 7.57. The Morgan fingerprint density at radius 3 is 2.87 bits per heavy atom. The number of thiophene rings is 1. The van der Waals surface area contributed by atoms with Gasteiger partial charge in [0.25, 0.3) is 0 Å². The molecule has 2 aromatic rings. The highest BCUT2D eigenvalue weighted by Crippen LogP contribution is 2.28. The van der Waals surface area contributed by atoms with Crippen LogP contribution in [0.2, 0.25) is 4.34 Å². The third-order valence-corrected chi connectivity index (χ3v) is 2.79. The van der Waals surface area contributed by atoms with Crippen LogP contribution in [0.5, 0.6) is 0 Å². The maximum absolute atomic E-state index is 5.91. The van der Waals surface area contributed by atoms with Gasteiger partial charge in [-0.15, -0.1) is 16.4 Å². The molecule has 0 atom stereocenters. The van der Waals surface area contributed by atoms with Gasteiger partial charge in [-0.2, -0.15) is 5.10 Å². The average Bonchev–Trinajstić information content (AvgIpc) is 2.56. The summed E-state index contributed by atoms with van der Waals surface area (Å²) in [5.74, 6) is 5.75. The first-order chi connectivity index (χ1) is 7.25. The number of nitrogens with zero attached hydrogens (tertiary/aromatic N) is 2. The van der Waals surface area contributed by atoms with Gasteiger partial charge in [-0.05, 0) is 24.1 Å². The molecular weight excluding hydrogens is 230 g/mol. The van der Waals surface area contributed by atoms with Gasteiger partial charge >= 0.3 is 0 Å². The molecule has 0 aliphatic carbocycles. The molecule has 2 rings (SSSR count). The number of anilines is 1. The average molecular weight is 236 g/mol. The molecule has 74 valence electrons. The van der Waals surface area contributed by atoms with Crippen molar-refractivity contribution in [1.29, 1.82) is 0 Å². The van der Waals surface area contributed by atoms with Crippen molar-refractivity contribution >= 4 is 27.9 Å². The van der Waals surface area contributed by atoms with Crippen molar-refractivity contribution in [3.05, 3.63) is 40.0 Å². The molecule has 2 heterocycles. The van der Waals surface area contributed by atoms with Gasteiger partial charge in [-0.3, -0.25) is 0 Å². The van der Waals surface area contributed by atoms with Gasteiger partial charge < -0.3 is 5.73 Å². The Morgan fingerprint density at radius 1 is 1.40 bits per heavy atom. The largest absolute Gasteiger partial charge is 0.391 e. The lowest BCUT2D eigenvalue weighted by molar-refractivity contribution is 1.01. The van der Waals surface area contributed by atoms with E-state index in [1.54, 1.807) is 24.4 Å². The molecule has 0 bridgehead atoms. The topological polar surface area (TPSA) is 51.8 Å². The maximum atomic E-state index is 5.91. The molecule has 0 spiro atoms. The number of halogens is 1. The highest BCUT2D eigenvalue weighted by molar-refractivity contribution is 7.20. The summed E-state index contributed by atoms with van der Waals surface area (Å²) in [6.07, 6.45) is 1.60. The molecule has 0 radical (unpaired) electrons. The fourth-order valence-corrected chi connectivity index (χ4v) is 1.94. The summed E-state index contributed by atoms with van der Waals surface area (Å²) < 4.78 is 0.601. The van der Waals surface area contributed by atoms with Crippen LogP contribution in [0.3, 0.4) is 0 Å². The van der Waals surface area contributed by atoms with E-state index < -0.39 is 0 Å². The van der Waals surface area contributed by atoms with Crippen molar-refractivity contribution in [1.82, 2.24) is 10.2 Å². The Bertz CT molecular complexity index is 525. The monoisotopic (exact) mass is 235 g/mol. The van der Waals surface area contributed by atoms with Crippen molar-refractivity contribution < 1.29 is 0 Å². The molecule has 15 heavy (non-hydrogen) atoms. The lowest BCUT2D eigenvalue weighted by Gasteiger charge is -1.84. The van der Waals surface area contributed by atoms with E-state index in [-0.39, 0.29) is 0 Å². The summed E-state index contributed by atoms with van der Waals surface area (Å²) in [6.45, 7) is 0. The Kier molecular flexibility index (Phi) is 2.86. The van der Waals surface area contributed by atoms with Crippen molar-refractivity contribution in [2.24, 2.45) is 0 Å². The second-order valence-corrected chi connectivity index (χ2v) is 4.38. The lowest BCUT2D eigenvalue weighted by Crippen LogP contribution is -1.83. The lowest BCUT2D eigenvalue weighted by atomic mass is 10.3. The van der Waals surface area contributed by atoms with E-state index in [9.17, 15) is 0 Å². The quantitative estimate of drug-likeness (QED) is 0.712. The zero-order valence-corrected chi connectivity index (χ0v) is 9.14. The second-order valence-electron chi connectivity index (χ2n) is 2.70. The number of nitrogen functional groups attached to an aromatic ring is 1. The highest BCUT2D eigenvalue weighted by atomic mass is 35.5. The van der Waals surface area contributed by atoms with Crippen LogP contribution in [0.1, 0.15) is 11.3 Å². The molecule has 2 N–H and O–H groups in total. The summed E-state index contributed by atoms with van der Waals surface area (Å²) in [6, 6.07) is 5.31. The third kappa shape index (κ3) is 2.46. The fourth-order valence-electron chi connectivity index (χ4n) is 0.972. The van der Waals surface area contributed by atoms with Gasteiger partial charge in [-0.1, -0.05) is 17.5 Å². The molecular formula is C10H6ClN3S. The zero-order chi connectivity index (χ0) is 10.7. The third-order valence-electron chi connectivity index (χ3n) is 1.60. The number of aromatic nitrogens is 2. The van der Waals surface area contributed by atoms with Crippen LogP contribution >= 0.6 is 22.9 Å². The summed E-state index contributed by atoms with van der Waals surface area (Å²) in [4.78, 5) is 0. The molecule has 0 unspecified atom stereocenters.